The van der Waals surface area contributed by atoms with Gasteiger partial charge in [-0.05, 0) is 26.3 Å². The number of ether oxygens (including phenoxy) is 1. The molecule has 0 aromatic heterocycles. The third kappa shape index (κ3) is 5.17. The van der Waals surface area contributed by atoms with Gasteiger partial charge in [0.05, 0.1) is 6.61 Å². The molecule has 0 heterocycles. The minimum absolute atomic E-state index is 0.0483. The van der Waals surface area contributed by atoms with Crippen LogP contribution in [0.15, 0.2) is 11.1 Å². The van der Waals surface area contributed by atoms with Crippen LogP contribution in [0.4, 0.5) is 0 Å². The number of hydrogen-bond acceptors (Lipinski definition) is 3. The van der Waals surface area contributed by atoms with Gasteiger partial charge in [0.1, 0.15) is 0 Å². The van der Waals surface area contributed by atoms with Gasteiger partial charge in [-0.15, -0.1) is 0 Å². The first-order valence-corrected chi connectivity index (χ1v) is 4.25. The van der Waals surface area contributed by atoms with Crippen LogP contribution in [0.5, 0.6) is 0 Å². The number of carbonyl (C=O) groups is 2. The van der Waals surface area contributed by atoms with Crippen molar-refractivity contribution in [3.05, 3.63) is 11.1 Å². The Hall–Kier alpha value is -1.12. The van der Waals surface area contributed by atoms with Gasteiger partial charge in [0.2, 0.25) is 0 Å². The quantitative estimate of drug-likeness (QED) is 0.494. The predicted octanol–water partition coefficient (Wildman–Crippen LogP) is 1.86. The summed E-state index contributed by atoms with van der Waals surface area (Å²) in [5.41, 5.74) is 1.74. The molecule has 0 aliphatic carbocycles. The Morgan fingerprint density at radius 2 is 1.62 bits per heavy atom. The van der Waals surface area contributed by atoms with E-state index in [1.54, 1.807) is 0 Å². The first kappa shape index (κ1) is 11.9. The molecule has 3 nitrogen and oxygen atoms in total. The Morgan fingerprint density at radius 3 is 1.92 bits per heavy atom. The smallest absolute Gasteiger partial charge is 0.302 e. The topological polar surface area (TPSA) is 43.4 Å². The lowest BCUT2D eigenvalue weighted by Crippen LogP contribution is -2.06. The first-order chi connectivity index (χ1) is 5.95. The Bertz CT molecular complexity index is 235. The third-order valence-electron chi connectivity index (χ3n) is 1.69. The lowest BCUT2D eigenvalue weighted by atomic mass is 10.0. The van der Waals surface area contributed by atoms with E-state index in [9.17, 15) is 9.59 Å². The van der Waals surface area contributed by atoms with E-state index in [2.05, 4.69) is 0 Å². The maximum atomic E-state index is 11.1. The van der Waals surface area contributed by atoms with Crippen LogP contribution in [-0.2, 0) is 14.3 Å². The summed E-state index contributed by atoms with van der Waals surface area (Å²) < 4.78 is 4.75. The van der Waals surface area contributed by atoms with Crippen molar-refractivity contribution in [1.29, 1.82) is 0 Å². The lowest BCUT2D eigenvalue weighted by Gasteiger charge is -2.05. The van der Waals surface area contributed by atoms with Crippen molar-refractivity contribution < 1.29 is 14.3 Å². The summed E-state index contributed by atoms with van der Waals surface area (Å²) >= 11 is 0. The number of carbonyl (C=O) groups excluding carboxylic acids is 2. The molecule has 0 atom stereocenters. The average Bonchev–Trinajstić information content (AvgIpc) is 1.95. The van der Waals surface area contributed by atoms with Crippen LogP contribution in [0.1, 0.15) is 34.1 Å². The normalized spacial score (nSPS) is 9.23. The fraction of sp³-hybridized carbons (Fsp3) is 0.600. The van der Waals surface area contributed by atoms with Gasteiger partial charge in [0.25, 0.3) is 0 Å². The molecule has 0 aliphatic rings. The van der Waals surface area contributed by atoms with Crippen molar-refractivity contribution in [2.75, 3.05) is 6.61 Å². The molecule has 0 saturated carbocycles. The molecule has 0 saturated heterocycles. The summed E-state index contributed by atoms with van der Waals surface area (Å²) in [5.74, 6) is -0.260. The Balaban J connectivity index is 4.08. The highest BCUT2D eigenvalue weighted by Crippen LogP contribution is 2.09. The van der Waals surface area contributed by atoms with Crippen LogP contribution in [0.2, 0.25) is 0 Å². The highest BCUT2D eigenvalue weighted by Gasteiger charge is 2.06. The van der Waals surface area contributed by atoms with Crippen LogP contribution in [-0.4, -0.2) is 18.4 Å². The molecular formula is C10H16O3. The largest absolute Gasteiger partial charge is 0.466 e. The average molecular weight is 184 g/mol. The molecule has 0 fully saturated rings. The molecule has 0 unspecified atom stereocenters. The number of esters is 1. The predicted molar refractivity (Wildman–Crippen MR) is 50.3 cm³/mol. The van der Waals surface area contributed by atoms with Gasteiger partial charge in [-0.3, -0.25) is 9.59 Å². The molecule has 0 amide bonds. The summed E-state index contributed by atoms with van der Waals surface area (Å²) in [6.07, 6.45) is 0.511. The van der Waals surface area contributed by atoms with E-state index in [-0.39, 0.29) is 18.4 Å². The maximum Gasteiger partial charge on any atom is 0.302 e. The summed E-state index contributed by atoms with van der Waals surface area (Å²) in [5, 5.41) is 0. The Morgan fingerprint density at radius 1 is 1.08 bits per heavy atom. The molecule has 0 rings (SSSR count). The van der Waals surface area contributed by atoms with Crippen LogP contribution < -0.4 is 0 Å². The fourth-order valence-electron chi connectivity index (χ4n) is 1.07. The van der Waals surface area contributed by atoms with Gasteiger partial charge >= 0.3 is 5.97 Å². The standard InChI is InChI=1S/C10H16O3/c1-7(2)10(8(3)11)5-6-13-9(4)12/h5-6H2,1-4H3. The van der Waals surface area contributed by atoms with Gasteiger partial charge in [-0.25, -0.2) is 0 Å². The number of ketones is 1. The highest BCUT2D eigenvalue weighted by molar-refractivity contribution is 5.93. The van der Waals surface area contributed by atoms with E-state index >= 15 is 0 Å². The van der Waals surface area contributed by atoms with Crippen molar-refractivity contribution in [1.82, 2.24) is 0 Å². The SMILES string of the molecule is CC(=O)OCCC(C(C)=O)=C(C)C. The van der Waals surface area contributed by atoms with Crippen LogP contribution in [0, 0.1) is 0 Å². The molecule has 0 aromatic carbocycles. The summed E-state index contributed by atoms with van der Waals surface area (Å²) in [6, 6.07) is 0. The van der Waals surface area contributed by atoms with Crippen molar-refractivity contribution >= 4 is 11.8 Å². The van der Waals surface area contributed by atoms with Crippen molar-refractivity contribution in [3.63, 3.8) is 0 Å². The van der Waals surface area contributed by atoms with E-state index in [0.717, 1.165) is 11.1 Å². The molecule has 13 heavy (non-hydrogen) atoms. The van der Waals surface area contributed by atoms with E-state index in [0.29, 0.717) is 6.42 Å². The second-order valence-electron chi connectivity index (χ2n) is 3.12. The van der Waals surface area contributed by atoms with Gasteiger partial charge in [-0.2, -0.15) is 0 Å². The molecule has 0 bridgehead atoms. The molecule has 0 aromatic rings. The molecular weight excluding hydrogens is 168 g/mol. The minimum Gasteiger partial charge on any atom is -0.466 e. The van der Waals surface area contributed by atoms with Gasteiger partial charge in [0.15, 0.2) is 5.78 Å². The van der Waals surface area contributed by atoms with Gasteiger partial charge in [0, 0.05) is 13.3 Å². The Kier molecular flexibility index (Phi) is 5.04. The molecule has 0 spiro atoms. The summed E-state index contributed by atoms with van der Waals surface area (Å²) in [4.78, 5) is 21.5. The van der Waals surface area contributed by atoms with Crippen molar-refractivity contribution in [2.24, 2.45) is 0 Å². The zero-order chi connectivity index (χ0) is 10.4. The molecule has 0 radical (unpaired) electrons. The van der Waals surface area contributed by atoms with Crippen molar-refractivity contribution in [2.45, 2.75) is 34.1 Å². The first-order valence-electron chi connectivity index (χ1n) is 4.25. The highest BCUT2D eigenvalue weighted by atomic mass is 16.5. The fourth-order valence-corrected chi connectivity index (χ4v) is 1.07. The van der Waals surface area contributed by atoms with E-state index in [1.165, 1.54) is 13.8 Å². The zero-order valence-corrected chi connectivity index (χ0v) is 8.64. The number of rotatable bonds is 4. The van der Waals surface area contributed by atoms with Crippen LogP contribution in [0.25, 0.3) is 0 Å². The molecule has 0 aliphatic heterocycles. The third-order valence-corrected chi connectivity index (χ3v) is 1.69. The van der Waals surface area contributed by atoms with Crippen LogP contribution in [0.3, 0.4) is 0 Å². The Labute approximate surface area is 78.8 Å². The van der Waals surface area contributed by atoms with E-state index in [4.69, 9.17) is 4.74 Å². The van der Waals surface area contributed by atoms with Crippen LogP contribution >= 0.6 is 0 Å². The minimum atomic E-state index is -0.309. The number of allylic oxidation sites excluding steroid dienone is 1. The monoisotopic (exact) mass is 184 g/mol. The zero-order valence-electron chi connectivity index (χ0n) is 8.64. The van der Waals surface area contributed by atoms with E-state index < -0.39 is 0 Å². The van der Waals surface area contributed by atoms with Gasteiger partial charge < -0.3 is 4.74 Å². The molecule has 0 N–H and O–H groups in total. The second-order valence-corrected chi connectivity index (χ2v) is 3.12. The number of Topliss-reactive ketones (excluding diaryl/α,β-unsaturated/α-hetero) is 1. The summed E-state index contributed by atoms with van der Waals surface area (Å²) in [7, 11) is 0. The molecule has 3 heteroatoms. The number of hydrogen-bond donors (Lipinski definition) is 0. The van der Waals surface area contributed by atoms with Crippen molar-refractivity contribution in [3.8, 4) is 0 Å². The maximum absolute atomic E-state index is 11.1. The molecule has 74 valence electrons. The van der Waals surface area contributed by atoms with Gasteiger partial charge in [-0.1, -0.05) is 5.57 Å². The summed E-state index contributed by atoms with van der Waals surface area (Å²) in [6.45, 7) is 6.93. The second kappa shape index (κ2) is 5.51. The van der Waals surface area contributed by atoms with E-state index in [1.807, 2.05) is 13.8 Å². The lowest BCUT2D eigenvalue weighted by molar-refractivity contribution is -0.141.